The number of hydrogen-bond acceptors (Lipinski definition) is 3. The molecule has 1 aromatic carbocycles. The normalized spacial score (nSPS) is 11.0. The Morgan fingerprint density at radius 3 is 2.58 bits per heavy atom. The van der Waals surface area contributed by atoms with Crippen LogP contribution in [0.3, 0.4) is 0 Å². The van der Waals surface area contributed by atoms with E-state index in [1.807, 2.05) is 49.7 Å². The van der Waals surface area contributed by atoms with Crippen LogP contribution in [-0.2, 0) is 11.3 Å². The van der Waals surface area contributed by atoms with Crippen LogP contribution in [0.2, 0.25) is 0 Å². The SMILES string of the molecule is Cc1cnc(/C=C/CCOCc2ccccc2)nc1. The molecule has 98 valence electrons. The van der Waals surface area contributed by atoms with Gasteiger partial charge in [-0.3, -0.25) is 0 Å². The molecule has 0 N–H and O–H groups in total. The molecule has 0 atom stereocenters. The Labute approximate surface area is 114 Å². The fraction of sp³-hybridized carbons (Fsp3) is 0.250. The molecular weight excluding hydrogens is 236 g/mol. The molecule has 0 aliphatic heterocycles. The number of nitrogens with zero attached hydrogens (tertiary/aromatic N) is 2. The third-order valence-electron chi connectivity index (χ3n) is 2.61. The van der Waals surface area contributed by atoms with Crippen molar-refractivity contribution in [1.29, 1.82) is 0 Å². The molecule has 0 fully saturated rings. The highest BCUT2D eigenvalue weighted by Crippen LogP contribution is 2.02. The molecule has 19 heavy (non-hydrogen) atoms. The van der Waals surface area contributed by atoms with E-state index < -0.39 is 0 Å². The van der Waals surface area contributed by atoms with Gasteiger partial charge in [-0.15, -0.1) is 0 Å². The first-order valence-corrected chi connectivity index (χ1v) is 6.41. The highest BCUT2D eigenvalue weighted by atomic mass is 16.5. The summed E-state index contributed by atoms with van der Waals surface area (Å²) < 4.78 is 5.58. The Balaban J connectivity index is 1.65. The van der Waals surface area contributed by atoms with Gasteiger partial charge in [0.1, 0.15) is 0 Å². The van der Waals surface area contributed by atoms with Crippen LogP contribution in [0.1, 0.15) is 23.4 Å². The number of aromatic nitrogens is 2. The van der Waals surface area contributed by atoms with Gasteiger partial charge in [0, 0.05) is 12.4 Å². The monoisotopic (exact) mass is 254 g/mol. The van der Waals surface area contributed by atoms with Gasteiger partial charge in [-0.1, -0.05) is 36.4 Å². The highest BCUT2D eigenvalue weighted by Gasteiger charge is 1.91. The lowest BCUT2D eigenvalue weighted by atomic mass is 10.2. The molecule has 0 saturated carbocycles. The van der Waals surface area contributed by atoms with Gasteiger partial charge in [-0.2, -0.15) is 0 Å². The molecule has 1 heterocycles. The average Bonchev–Trinajstić information content (AvgIpc) is 2.46. The fourth-order valence-corrected chi connectivity index (χ4v) is 1.59. The van der Waals surface area contributed by atoms with Crippen LogP contribution >= 0.6 is 0 Å². The van der Waals surface area contributed by atoms with Crippen molar-refractivity contribution in [2.45, 2.75) is 20.0 Å². The lowest BCUT2D eigenvalue weighted by Gasteiger charge is -2.01. The number of rotatable bonds is 6. The Hall–Kier alpha value is -2.00. The molecule has 0 bridgehead atoms. The average molecular weight is 254 g/mol. The zero-order chi connectivity index (χ0) is 13.3. The van der Waals surface area contributed by atoms with Crippen LogP contribution in [-0.4, -0.2) is 16.6 Å². The summed E-state index contributed by atoms with van der Waals surface area (Å²) in [5.74, 6) is 0.744. The molecule has 2 rings (SSSR count). The van der Waals surface area contributed by atoms with Crippen molar-refractivity contribution in [3.8, 4) is 0 Å². The zero-order valence-electron chi connectivity index (χ0n) is 11.1. The van der Waals surface area contributed by atoms with Gasteiger partial charge in [0.2, 0.25) is 0 Å². The predicted molar refractivity (Wildman–Crippen MR) is 76.5 cm³/mol. The van der Waals surface area contributed by atoms with Crippen molar-refractivity contribution < 1.29 is 4.74 Å². The summed E-state index contributed by atoms with van der Waals surface area (Å²) in [6.07, 6.45) is 8.46. The summed E-state index contributed by atoms with van der Waals surface area (Å²) in [6.45, 7) is 3.35. The van der Waals surface area contributed by atoms with Crippen molar-refractivity contribution in [2.24, 2.45) is 0 Å². The molecule has 0 saturated heterocycles. The fourth-order valence-electron chi connectivity index (χ4n) is 1.59. The lowest BCUT2D eigenvalue weighted by Crippen LogP contribution is -1.94. The molecular formula is C16H18N2O. The van der Waals surface area contributed by atoms with Gasteiger partial charge in [-0.05, 0) is 30.5 Å². The number of ether oxygens (including phenoxy) is 1. The van der Waals surface area contributed by atoms with Crippen LogP contribution in [0.25, 0.3) is 6.08 Å². The van der Waals surface area contributed by atoms with Gasteiger partial charge in [0.25, 0.3) is 0 Å². The molecule has 0 aliphatic rings. The minimum absolute atomic E-state index is 0.662. The van der Waals surface area contributed by atoms with Crippen molar-refractivity contribution in [3.63, 3.8) is 0 Å². The maximum absolute atomic E-state index is 5.58. The molecule has 0 aliphatic carbocycles. The number of aryl methyl sites for hydroxylation is 1. The first-order valence-electron chi connectivity index (χ1n) is 6.41. The van der Waals surface area contributed by atoms with Gasteiger partial charge in [0.05, 0.1) is 13.2 Å². The highest BCUT2D eigenvalue weighted by molar-refractivity contribution is 5.39. The van der Waals surface area contributed by atoms with Crippen molar-refractivity contribution in [1.82, 2.24) is 9.97 Å². The summed E-state index contributed by atoms with van der Waals surface area (Å²) in [7, 11) is 0. The van der Waals surface area contributed by atoms with Crippen LogP contribution < -0.4 is 0 Å². The molecule has 3 heteroatoms. The third kappa shape index (κ3) is 5.02. The van der Waals surface area contributed by atoms with E-state index >= 15 is 0 Å². The van der Waals surface area contributed by atoms with Crippen molar-refractivity contribution in [2.75, 3.05) is 6.61 Å². The number of benzene rings is 1. The summed E-state index contributed by atoms with van der Waals surface area (Å²) in [6, 6.07) is 10.2. The van der Waals surface area contributed by atoms with Gasteiger partial charge in [0.15, 0.2) is 5.82 Å². The molecule has 0 radical (unpaired) electrons. The van der Waals surface area contributed by atoms with E-state index in [-0.39, 0.29) is 0 Å². The van der Waals surface area contributed by atoms with Crippen LogP contribution in [0, 0.1) is 6.92 Å². The number of hydrogen-bond donors (Lipinski definition) is 0. The predicted octanol–water partition coefficient (Wildman–Crippen LogP) is 3.41. The second-order valence-corrected chi connectivity index (χ2v) is 4.35. The van der Waals surface area contributed by atoms with Crippen molar-refractivity contribution in [3.05, 3.63) is 65.8 Å². The molecule has 1 aromatic heterocycles. The minimum Gasteiger partial charge on any atom is -0.376 e. The Morgan fingerprint density at radius 1 is 1.11 bits per heavy atom. The summed E-state index contributed by atoms with van der Waals surface area (Å²) in [4.78, 5) is 8.41. The molecule has 3 nitrogen and oxygen atoms in total. The lowest BCUT2D eigenvalue weighted by molar-refractivity contribution is 0.125. The summed E-state index contributed by atoms with van der Waals surface area (Å²) >= 11 is 0. The van der Waals surface area contributed by atoms with E-state index in [1.54, 1.807) is 0 Å². The molecule has 0 unspecified atom stereocenters. The first-order chi connectivity index (χ1) is 9.34. The third-order valence-corrected chi connectivity index (χ3v) is 2.61. The van der Waals surface area contributed by atoms with Crippen molar-refractivity contribution >= 4 is 6.08 Å². The standard InChI is InChI=1S/C16H18N2O/c1-14-11-17-16(18-12-14)9-5-6-10-19-13-15-7-3-2-4-8-15/h2-5,7-9,11-12H,6,10,13H2,1H3/b9-5+. The largest absolute Gasteiger partial charge is 0.376 e. The van der Waals surface area contributed by atoms with E-state index in [9.17, 15) is 0 Å². The molecule has 2 aromatic rings. The maximum atomic E-state index is 5.58. The summed E-state index contributed by atoms with van der Waals surface area (Å²) in [5, 5.41) is 0. The topological polar surface area (TPSA) is 35.0 Å². The van der Waals surface area contributed by atoms with Crippen LogP contribution in [0.4, 0.5) is 0 Å². The maximum Gasteiger partial charge on any atom is 0.151 e. The Bertz CT molecular complexity index is 506. The van der Waals surface area contributed by atoms with Gasteiger partial charge < -0.3 is 4.74 Å². The summed E-state index contributed by atoms with van der Waals surface area (Å²) in [5.41, 5.74) is 2.27. The van der Waals surface area contributed by atoms with Crippen LogP contribution in [0.5, 0.6) is 0 Å². The van der Waals surface area contributed by atoms with Gasteiger partial charge in [-0.25, -0.2) is 9.97 Å². The Morgan fingerprint density at radius 2 is 1.84 bits per heavy atom. The van der Waals surface area contributed by atoms with E-state index in [0.717, 1.165) is 17.8 Å². The Kier molecular flexibility index (Phi) is 5.26. The smallest absolute Gasteiger partial charge is 0.151 e. The van der Waals surface area contributed by atoms with E-state index in [2.05, 4.69) is 22.1 Å². The van der Waals surface area contributed by atoms with Crippen LogP contribution in [0.15, 0.2) is 48.8 Å². The zero-order valence-corrected chi connectivity index (χ0v) is 11.1. The second-order valence-electron chi connectivity index (χ2n) is 4.35. The van der Waals surface area contributed by atoms with E-state index in [4.69, 9.17) is 4.74 Å². The molecule has 0 spiro atoms. The minimum atomic E-state index is 0.662. The first kappa shape index (κ1) is 13.4. The quantitative estimate of drug-likeness (QED) is 0.741. The molecule has 0 amide bonds. The van der Waals surface area contributed by atoms with E-state index in [0.29, 0.717) is 13.2 Å². The van der Waals surface area contributed by atoms with E-state index in [1.165, 1.54) is 5.56 Å². The van der Waals surface area contributed by atoms with Gasteiger partial charge >= 0.3 is 0 Å². The second kappa shape index (κ2) is 7.44.